The first kappa shape index (κ1) is 13.7. The van der Waals surface area contributed by atoms with Crippen molar-refractivity contribution in [2.24, 2.45) is 27.6 Å². The van der Waals surface area contributed by atoms with Crippen LogP contribution in [0, 0.1) is 16.7 Å². The quantitative estimate of drug-likeness (QED) is 0.312. The number of fused-ring (bicyclic) bond motifs is 2. The van der Waals surface area contributed by atoms with Gasteiger partial charge in [-0.2, -0.15) is 0 Å². The Kier molecular flexibility index (Phi) is 3.34. The predicted molar refractivity (Wildman–Crippen MR) is 73.6 cm³/mol. The standard InChI is InChI=1S/C14H27N3O/c1-9(7-11(15)17-18)16-12-13(2,3)10-5-6-14(12,4)8-10/h9-10,12,16,18H,5-8H2,1-4H3,(H2,15,17). The number of amidine groups is 1. The molecule has 2 saturated carbocycles. The van der Waals surface area contributed by atoms with E-state index in [1.54, 1.807) is 0 Å². The van der Waals surface area contributed by atoms with Crippen LogP contribution in [0.5, 0.6) is 0 Å². The van der Waals surface area contributed by atoms with Gasteiger partial charge in [0.25, 0.3) is 0 Å². The highest BCUT2D eigenvalue weighted by molar-refractivity contribution is 5.80. The molecule has 2 bridgehead atoms. The summed E-state index contributed by atoms with van der Waals surface area (Å²) in [7, 11) is 0. The molecule has 4 nitrogen and oxygen atoms in total. The largest absolute Gasteiger partial charge is 0.409 e. The first-order chi connectivity index (χ1) is 8.29. The zero-order valence-corrected chi connectivity index (χ0v) is 12.0. The van der Waals surface area contributed by atoms with Crippen molar-refractivity contribution in [3.63, 3.8) is 0 Å². The summed E-state index contributed by atoms with van der Waals surface area (Å²) < 4.78 is 0. The van der Waals surface area contributed by atoms with Crippen LogP contribution in [0.4, 0.5) is 0 Å². The first-order valence-corrected chi connectivity index (χ1v) is 7.02. The van der Waals surface area contributed by atoms with Gasteiger partial charge < -0.3 is 16.3 Å². The van der Waals surface area contributed by atoms with Gasteiger partial charge in [-0.15, -0.1) is 0 Å². The molecule has 0 heterocycles. The Morgan fingerprint density at radius 1 is 1.50 bits per heavy atom. The molecule has 4 N–H and O–H groups in total. The fraction of sp³-hybridized carbons (Fsp3) is 0.929. The highest BCUT2D eigenvalue weighted by Gasteiger charge is 2.59. The summed E-state index contributed by atoms with van der Waals surface area (Å²) in [6, 6.07) is 0.784. The topological polar surface area (TPSA) is 70.6 Å². The second-order valence-corrected chi connectivity index (χ2v) is 7.21. The van der Waals surface area contributed by atoms with Crippen LogP contribution in [0.3, 0.4) is 0 Å². The number of rotatable bonds is 4. The van der Waals surface area contributed by atoms with E-state index in [9.17, 15) is 0 Å². The van der Waals surface area contributed by atoms with Gasteiger partial charge in [-0.25, -0.2) is 0 Å². The zero-order valence-electron chi connectivity index (χ0n) is 12.0. The van der Waals surface area contributed by atoms with Gasteiger partial charge in [0.15, 0.2) is 0 Å². The van der Waals surface area contributed by atoms with E-state index in [1.807, 2.05) is 0 Å². The van der Waals surface area contributed by atoms with E-state index in [-0.39, 0.29) is 6.04 Å². The molecule has 0 aliphatic heterocycles. The summed E-state index contributed by atoms with van der Waals surface area (Å²) in [5, 5.41) is 15.4. The maximum atomic E-state index is 8.64. The van der Waals surface area contributed by atoms with Crippen LogP contribution in [0.25, 0.3) is 0 Å². The Hall–Kier alpha value is -0.770. The Morgan fingerprint density at radius 2 is 2.17 bits per heavy atom. The number of oxime groups is 1. The lowest BCUT2D eigenvalue weighted by Gasteiger charge is -2.44. The average Bonchev–Trinajstić information content (AvgIpc) is 2.75. The Labute approximate surface area is 110 Å². The van der Waals surface area contributed by atoms with Gasteiger partial charge in [-0.1, -0.05) is 25.9 Å². The molecule has 0 aromatic heterocycles. The lowest BCUT2D eigenvalue weighted by atomic mass is 9.68. The monoisotopic (exact) mass is 253 g/mol. The minimum absolute atomic E-state index is 0.251. The van der Waals surface area contributed by atoms with E-state index < -0.39 is 0 Å². The minimum atomic E-state index is 0.251. The van der Waals surface area contributed by atoms with Crippen LogP contribution in [0.15, 0.2) is 5.16 Å². The third kappa shape index (κ3) is 2.11. The van der Waals surface area contributed by atoms with Crippen molar-refractivity contribution in [3.8, 4) is 0 Å². The normalized spacial score (nSPS) is 40.1. The van der Waals surface area contributed by atoms with Crippen LogP contribution < -0.4 is 11.1 Å². The third-order valence-corrected chi connectivity index (χ3v) is 5.36. The number of hydrogen-bond donors (Lipinski definition) is 3. The highest BCUT2D eigenvalue weighted by atomic mass is 16.4. The zero-order chi connectivity index (χ0) is 13.6. The number of nitrogens with one attached hydrogen (secondary N) is 1. The van der Waals surface area contributed by atoms with Crippen LogP contribution in [0.1, 0.15) is 53.4 Å². The maximum absolute atomic E-state index is 8.64. The second-order valence-electron chi connectivity index (χ2n) is 7.21. The third-order valence-electron chi connectivity index (χ3n) is 5.36. The molecule has 2 aliphatic rings. The van der Waals surface area contributed by atoms with Crippen LogP contribution in [-0.2, 0) is 0 Å². The summed E-state index contributed by atoms with van der Waals surface area (Å²) in [5.41, 5.74) is 6.36. The number of nitrogens with two attached hydrogens (primary N) is 1. The molecule has 0 aromatic rings. The molecule has 0 spiro atoms. The number of hydrogen-bond acceptors (Lipinski definition) is 3. The molecule has 0 radical (unpaired) electrons. The average molecular weight is 253 g/mol. The Morgan fingerprint density at radius 3 is 2.67 bits per heavy atom. The predicted octanol–water partition coefficient (Wildman–Crippen LogP) is 2.32. The molecular formula is C14H27N3O. The summed E-state index contributed by atoms with van der Waals surface area (Å²) in [6.45, 7) is 9.30. The van der Waals surface area contributed by atoms with E-state index >= 15 is 0 Å². The van der Waals surface area contributed by atoms with E-state index in [2.05, 4.69) is 38.2 Å². The van der Waals surface area contributed by atoms with Crippen molar-refractivity contribution < 1.29 is 5.21 Å². The lowest BCUT2D eigenvalue weighted by Crippen LogP contribution is -2.53. The SMILES string of the molecule is CC(CC(N)=NO)NC1C2(C)CCC(C2)C1(C)C. The van der Waals surface area contributed by atoms with E-state index in [0.29, 0.717) is 29.1 Å². The summed E-state index contributed by atoms with van der Waals surface area (Å²) in [4.78, 5) is 0. The van der Waals surface area contributed by atoms with Gasteiger partial charge in [-0.05, 0) is 42.9 Å². The van der Waals surface area contributed by atoms with Crippen LogP contribution in [-0.4, -0.2) is 23.1 Å². The van der Waals surface area contributed by atoms with Gasteiger partial charge in [0.05, 0.1) is 0 Å². The molecule has 0 amide bonds. The van der Waals surface area contributed by atoms with Crippen LogP contribution >= 0.6 is 0 Å². The van der Waals surface area contributed by atoms with Crippen molar-refractivity contribution in [1.29, 1.82) is 0 Å². The fourth-order valence-corrected chi connectivity index (χ4v) is 4.42. The molecule has 0 saturated heterocycles. The van der Waals surface area contributed by atoms with E-state index in [0.717, 1.165) is 5.92 Å². The van der Waals surface area contributed by atoms with Gasteiger partial charge in [0, 0.05) is 18.5 Å². The Balaban J connectivity index is 2.04. The molecule has 4 unspecified atom stereocenters. The second kappa shape index (κ2) is 4.41. The van der Waals surface area contributed by atoms with Crippen LogP contribution in [0.2, 0.25) is 0 Å². The summed E-state index contributed by atoms with van der Waals surface area (Å²) >= 11 is 0. The van der Waals surface area contributed by atoms with Crippen molar-refractivity contribution in [1.82, 2.24) is 5.32 Å². The van der Waals surface area contributed by atoms with Gasteiger partial charge >= 0.3 is 0 Å². The molecule has 18 heavy (non-hydrogen) atoms. The van der Waals surface area contributed by atoms with E-state index in [1.165, 1.54) is 19.3 Å². The molecule has 104 valence electrons. The molecule has 2 fully saturated rings. The van der Waals surface area contributed by atoms with Crippen molar-refractivity contribution in [2.45, 2.75) is 65.5 Å². The highest BCUT2D eigenvalue weighted by Crippen LogP contribution is 2.62. The summed E-state index contributed by atoms with van der Waals surface area (Å²) in [5.74, 6) is 1.15. The molecule has 4 atom stereocenters. The summed E-state index contributed by atoms with van der Waals surface area (Å²) in [6.07, 6.45) is 4.64. The molecule has 2 aliphatic carbocycles. The van der Waals surface area contributed by atoms with Crippen molar-refractivity contribution in [3.05, 3.63) is 0 Å². The first-order valence-electron chi connectivity index (χ1n) is 7.02. The maximum Gasteiger partial charge on any atom is 0.140 e. The minimum Gasteiger partial charge on any atom is -0.409 e. The van der Waals surface area contributed by atoms with Gasteiger partial charge in [-0.3, -0.25) is 0 Å². The smallest absolute Gasteiger partial charge is 0.140 e. The Bertz CT molecular complexity index is 348. The van der Waals surface area contributed by atoms with E-state index in [4.69, 9.17) is 10.9 Å². The fourth-order valence-electron chi connectivity index (χ4n) is 4.42. The molecule has 2 rings (SSSR count). The van der Waals surface area contributed by atoms with Crippen molar-refractivity contribution in [2.75, 3.05) is 0 Å². The van der Waals surface area contributed by atoms with Crippen molar-refractivity contribution >= 4 is 5.84 Å². The van der Waals surface area contributed by atoms with Gasteiger partial charge in [0.2, 0.25) is 0 Å². The molecular weight excluding hydrogens is 226 g/mol. The molecule has 4 heteroatoms. The lowest BCUT2D eigenvalue weighted by molar-refractivity contribution is 0.101. The van der Waals surface area contributed by atoms with Gasteiger partial charge in [0.1, 0.15) is 5.84 Å². The molecule has 0 aromatic carbocycles. The number of nitrogens with zero attached hydrogens (tertiary/aromatic N) is 1.